The number of hydrogen-bond donors (Lipinski definition) is 0. The van der Waals surface area contributed by atoms with Gasteiger partial charge in [0.25, 0.3) is 0 Å². The first-order valence-electron chi connectivity index (χ1n) is 7.54. The van der Waals surface area contributed by atoms with Gasteiger partial charge >= 0.3 is 0 Å². The number of rotatable bonds is 4. The van der Waals surface area contributed by atoms with Crippen molar-refractivity contribution in [3.05, 3.63) is 66.1 Å². The van der Waals surface area contributed by atoms with Crippen LogP contribution in [-0.4, -0.2) is 12.0 Å². The molecule has 0 unspecified atom stereocenters. The molecule has 0 aliphatic heterocycles. The summed E-state index contributed by atoms with van der Waals surface area (Å²) in [7, 11) is 2.06. The maximum Gasteiger partial charge on any atom is 0.226 e. The molecule has 0 fully saturated rings. The largest absolute Gasteiger partial charge is 0.441 e. The molecule has 0 bridgehead atoms. The Hall–Kier alpha value is -2.55. The van der Waals surface area contributed by atoms with E-state index in [4.69, 9.17) is 4.42 Å². The molecule has 2 aromatic carbocycles. The van der Waals surface area contributed by atoms with Crippen LogP contribution in [0, 0.1) is 6.92 Å². The second-order valence-electron chi connectivity index (χ2n) is 5.32. The van der Waals surface area contributed by atoms with E-state index in [1.165, 1.54) is 0 Å². The molecule has 0 atom stereocenters. The smallest absolute Gasteiger partial charge is 0.226 e. The zero-order chi connectivity index (χ0) is 15.5. The monoisotopic (exact) mass is 292 g/mol. The van der Waals surface area contributed by atoms with Crippen LogP contribution >= 0.6 is 0 Å². The molecule has 0 aliphatic rings. The maximum atomic E-state index is 5.75. The first kappa shape index (κ1) is 14.4. The van der Waals surface area contributed by atoms with Gasteiger partial charge in [-0.15, -0.1) is 0 Å². The van der Waals surface area contributed by atoms with E-state index >= 15 is 0 Å². The third kappa shape index (κ3) is 2.75. The predicted octanol–water partition coefficient (Wildman–Crippen LogP) is 4.98. The molecule has 1 heterocycles. The molecule has 0 N–H and O–H groups in total. The summed E-state index contributed by atoms with van der Waals surface area (Å²) in [6.07, 6.45) is 0.893. The summed E-state index contributed by atoms with van der Waals surface area (Å²) in [6.45, 7) is 4.05. The van der Waals surface area contributed by atoms with Crippen molar-refractivity contribution in [1.29, 1.82) is 0 Å². The van der Waals surface area contributed by atoms with Gasteiger partial charge in [-0.1, -0.05) is 25.1 Å². The summed E-state index contributed by atoms with van der Waals surface area (Å²) < 4.78 is 5.75. The summed E-state index contributed by atoms with van der Waals surface area (Å²) in [6, 6.07) is 18.6. The van der Waals surface area contributed by atoms with Crippen LogP contribution in [0.25, 0.3) is 11.5 Å². The van der Waals surface area contributed by atoms with Crippen LogP contribution in [0.4, 0.5) is 11.4 Å². The normalized spacial score (nSPS) is 10.7. The highest BCUT2D eigenvalue weighted by Gasteiger charge is 2.10. The molecule has 0 saturated heterocycles. The van der Waals surface area contributed by atoms with E-state index in [0.717, 1.165) is 34.8 Å². The number of aryl methyl sites for hydroxylation is 2. The van der Waals surface area contributed by atoms with Gasteiger partial charge in [-0.3, -0.25) is 0 Å². The lowest BCUT2D eigenvalue weighted by molar-refractivity contribution is 0.539. The average molecular weight is 292 g/mol. The summed E-state index contributed by atoms with van der Waals surface area (Å²) >= 11 is 0. The van der Waals surface area contributed by atoms with E-state index in [1.807, 2.05) is 25.1 Å². The van der Waals surface area contributed by atoms with E-state index in [2.05, 4.69) is 60.3 Å². The number of anilines is 2. The molecule has 112 valence electrons. The zero-order valence-corrected chi connectivity index (χ0v) is 13.2. The number of para-hydroxylation sites is 1. The van der Waals surface area contributed by atoms with Gasteiger partial charge in [0.2, 0.25) is 5.89 Å². The molecule has 0 aliphatic carbocycles. The third-order valence-corrected chi connectivity index (χ3v) is 3.87. The summed E-state index contributed by atoms with van der Waals surface area (Å²) in [5.74, 6) is 1.60. The Morgan fingerprint density at radius 3 is 2.18 bits per heavy atom. The van der Waals surface area contributed by atoms with Crippen molar-refractivity contribution in [2.75, 3.05) is 11.9 Å². The van der Waals surface area contributed by atoms with Crippen molar-refractivity contribution in [3.8, 4) is 11.5 Å². The summed E-state index contributed by atoms with van der Waals surface area (Å²) in [5.41, 5.74) is 4.33. The van der Waals surface area contributed by atoms with Crippen LogP contribution in [-0.2, 0) is 6.42 Å². The van der Waals surface area contributed by atoms with E-state index in [9.17, 15) is 0 Å². The minimum atomic E-state index is 0.697. The second kappa shape index (κ2) is 6.06. The quantitative estimate of drug-likeness (QED) is 0.679. The van der Waals surface area contributed by atoms with E-state index in [-0.39, 0.29) is 0 Å². The van der Waals surface area contributed by atoms with Crippen LogP contribution in [0.3, 0.4) is 0 Å². The lowest BCUT2D eigenvalue weighted by Crippen LogP contribution is -2.08. The van der Waals surface area contributed by atoms with Gasteiger partial charge in [0, 0.05) is 24.0 Å². The molecule has 0 saturated carbocycles. The Labute approximate surface area is 131 Å². The van der Waals surface area contributed by atoms with Crippen LogP contribution in [0.5, 0.6) is 0 Å². The standard InChI is InChI=1S/C19H20N2O/c1-4-18-14(2)22-19(20-18)15-10-12-17(13-11-15)21(3)16-8-6-5-7-9-16/h5-13H,4H2,1-3H3. The Balaban J connectivity index is 1.86. The number of aromatic nitrogens is 1. The number of benzene rings is 2. The fourth-order valence-corrected chi connectivity index (χ4v) is 2.51. The molecule has 22 heavy (non-hydrogen) atoms. The zero-order valence-electron chi connectivity index (χ0n) is 13.2. The van der Waals surface area contributed by atoms with Crippen LogP contribution in [0.1, 0.15) is 18.4 Å². The first-order chi connectivity index (χ1) is 10.7. The van der Waals surface area contributed by atoms with Crippen molar-refractivity contribution in [3.63, 3.8) is 0 Å². The van der Waals surface area contributed by atoms with Crippen molar-refractivity contribution in [1.82, 2.24) is 4.98 Å². The van der Waals surface area contributed by atoms with E-state index in [1.54, 1.807) is 0 Å². The SMILES string of the molecule is CCc1nc(-c2ccc(N(C)c3ccccc3)cc2)oc1C. The second-order valence-corrected chi connectivity index (χ2v) is 5.32. The van der Waals surface area contributed by atoms with Gasteiger partial charge in [-0.25, -0.2) is 4.98 Å². The maximum absolute atomic E-state index is 5.75. The Morgan fingerprint density at radius 2 is 1.59 bits per heavy atom. The molecule has 3 nitrogen and oxygen atoms in total. The minimum absolute atomic E-state index is 0.697. The molecule has 3 heteroatoms. The van der Waals surface area contributed by atoms with Crippen LogP contribution in [0.15, 0.2) is 59.0 Å². The van der Waals surface area contributed by atoms with E-state index < -0.39 is 0 Å². The van der Waals surface area contributed by atoms with Gasteiger partial charge in [0.1, 0.15) is 5.76 Å². The predicted molar refractivity (Wildman–Crippen MR) is 90.6 cm³/mol. The highest BCUT2D eigenvalue weighted by molar-refractivity contribution is 5.66. The van der Waals surface area contributed by atoms with Gasteiger partial charge in [-0.2, -0.15) is 0 Å². The fraction of sp³-hybridized carbons (Fsp3) is 0.211. The molecule has 3 aromatic rings. The van der Waals surface area contributed by atoms with Gasteiger partial charge in [-0.05, 0) is 49.7 Å². The minimum Gasteiger partial charge on any atom is -0.441 e. The average Bonchev–Trinajstić information content (AvgIpc) is 2.96. The van der Waals surface area contributed by atoms with Crippen LogP contribution in [0.2, 0.25) is 0 Å². The number of oxazole rings is 1. The molecule has 0 radical (unpaired) electrons. The van der Waals surface area contributed by atoms with Gasteiger partial charge < -0.3 is 9.32 Å². The Kier molecular flexibility index (Phi) is 3.96. The molecule has 0 amide bonds. The van der Waals surface area contributed by atoms with Gasteiger partial charge in [0.05, 0.1) is 5.69 Å². The lowest BCUT2D eigenvalue weighted by Gasteiger charge is -2.19. The highest BCUT2D eigenvalue weighted by Crippen LogP contribution is 2.27. The lowest BCUT2D eigenvalue weighted by atomic mass is 10.2. The van der Waals surface area contributed by atoms with Crippen molar-refractivity contribution in [2.24, 2.45) is 0 Å². The van der Waals surface area contributed by atoms with Crippen molar-refractivity contribution in [2.45, 2.75) is 20.3 Å². The molecule has 0 spiro atoms. The Morgan fingerprint density at radius 1 is 0.955 bits per heavy atom. The first-order valence-corrected chi connectivity index (χ1v) is 7.54. The van der Waals surface area contributed by atoms with Crippen molar-refractivity contribution >= 4 is 11.4 Å². The summed E-state index contributed by atoms with van der Waals surface area (Å²) in [5, 5.41) is 0. The number of nitrogens with zero attached hydrogens (tertiary/aromatic N) is 2. The molecular formula is C19H20N2O. The third-order valence-electron chi connectivity index (χ3n) is 3.87. The molecular weight excluding hydrogens is 272 g/mol. The molecule has 1 aromatic heterocycles. The Bertz CT molecular complexity index is 745. The van der Waals surface area contributed by atoms with Gasteiger partial charge in [0.15, 0.2) is 0 Å². The van der Waals surface area contributed by atoms with E-state index in [0.29, 0.717) is 5.89 Å². The number of hydrogen-bond acceptors (Lipinski definition) is 3. The fourth-order valence-electron chi connectivity index (χ4n) is 2.51. The topological polar surface area (TPSA) is 29.3 Å². The van der Waals surface area contributed by atoms with Crippen molar-refractivity contribution < 1.29 is 4.42 Å². The van der Waals surface area contributed by atoms with Crippen LogP contribution < -0.4 is 4.90 Å². The molecule has 3 rings (SSSR count). The summed E-state index contributed by atoms with van der Waals surface area (Å²) in [4.78, 5) is 6.71. The highest BCUT2D eigenvalue weighted by atomic mass is 16.4.